The molecule has 1 heterocycles. The standard InChI is InChI=1S/C16H14F3N3O3/c17-11-2-4-12(5-3-11)21-16(25)10-1-6-15(24)22(8-10)9-14(23)20-7-13(18)19/h1-6,8,13H,7,9H2,(H,20,23)(H,21,25). The zero-order valence-electron chi connectivity index (χ0n) is 12.8. The van der Waals surface area contributed by atoms with Gasteiger partial charge in [0.15, 0.2) is 0 Å². The Kier molecular flexibility index (Phi) is 5.93. The highest BCUT2D eigenvalue weighted by Crippen LogP contribution is 2.10. The number of alkyl halides is 2. The first kappa shape index (κ1) is 18.2. The van der Waals surface area contributed by atoms with Gasteiger partial charge in [-0.05, 0) is 30.3 Å². The van der Waals surface area contributed by atoms with Crippen molar-refractivity contribution in [2.45, 2.75) is 13.0 Å². The highest BCUT2D eigenvalue weighted by Gasteiger charge is 2.11. The predicted octanol–water partition coefficient (Wildman–Crippen LogP) is 1.62. The molecule has 25 heavy (non-hydrogen) atoms. The van der Waals surface area contributed by atoms with E-state index in [-0.39, 0.29) is 5.56 Å². The first-order chi connectivity index (χ1) is 11.8. The van der Waals surface area contributed by atoms with Gasteiger partial charge in [0.1, 0.15) is 12.4 Å². The van der Waals surface area contributed by atoms with Crippen LogP contribution >= 0.6 is 0 Å². The average Bonchev–Trinajstić information content (AvgIpc) is 2.57. The largest absolute Gasteiger partial charge is 0.349 e. The summed E-state index contributed by atoms with van der Waals surface area (Å²) in [7, 11) is 0. The summed E-state index contributed by atoms with van der Waals surface area (Å²) < 4.78 is 37.9. The molecule has 6 nitrogen and oxygen atoms in total. The minimum Gasteiger partial charge on any atom is -0.349 e. The quantitative estimate of drug-likeness (QED) is 0.828. The fraction of sp³-hybridized carbons (Fsp3) is 0.188. The topological polar surface area (TPSA) is 80.2 Å². The monoisotopic (exact) mass is 353 g/mol. The molecule has 0 unspecified atom stereocenters. The number of anilines is 1. The van der Waals surface area contributed by atoms with Crippen molar-refractivity contribution in [1.82, 2.24) is 9.88 Å². The van der Waals surface area contributed by atoms with Gasteiger partial charge in [-0.1, -0.05) is 0 Å². The van der Waals surface area contributed by atoms with E-state index in [2.05, 4.69) is 5.32 Å². The summed E-state index contributed by atoms with van der Waals surface area (Å²) in [6.07, 6.45) is -1.56. The van der Waals surface area contributed by atoms with Crippen molar-refractivity contribution >= 4 is 17.5 Å². The van der Waals surface area contributed by atoms with Gasteiger partial charge in [-0.3, -0.25) is 14.4 Å². The molecule has 2 aromatic rings. The van der Waals surface area contributed by atoms with E-state index in [1.165, 1.54) is 30.3 Å². The van der Waals surface area contributed by atoms with E-state index in [4.69, 9.17) is 0 Å². The fourth-order valence-corrected chi connectivity index (χ4v) is 1.93. The van der Waals surface area contributed by atoms with Crippen LogP contribution in [0.5, 0.6) is 0 Å². The molecule has 0 saturated heterocycles. The lowest BCUT2D eigenvalue weighted by molar-refractivity contribution is -0.122. The fourth-order valence-electron chi connectivity index (χ4n) is 1.93. The van der Waals surface area contributed by atoms with Gasteiger partial charge in [0.05, 0.1) is 12.1 Å². The molecule has 1 aromatic carbocycles. The Balaban J connectivity index is 2.09. The summed E-state index contributed by atoms with van der Waals surface area (Å²) in [4.78, 5) is 35.4. The van der Waals surface area contributed by atoms with Crippen LogP contribution < -0.4 is 16.2 Å². The smallest absolute Gasteiger partial charge is 0.257 e. The summed E-state index contributed by atoms with van der Waals surface area (Å²) in [6.45, 7) is -1.32. The molecule has 1 aromatic heterocycles. The Hall–Kier alpha value is -3.10. The number of halogens is 3. The number of pyridine rings is 1. The average molecular weight is 353 g/mol. The molecule has 2 N–H and O–H groups in total. The van der Waals surface area contributed by atoms with Crippen LogP contribution in [0.3, 0.4) is 0 Å². The normalized spacial score (nSPS) is 10.6. The number of hydrogen-bond acceptors (Lipinski definition) is 3. The van der Waals surface area contributed by atoms with Crippen LogP contribution in [-0.2, 0) is 11.3 Å². The van der Waals surface area contributed by atoms with Crippen LogP contribution in [0.15, 0.2) is 47.4 Å². The lowest BCUT2D eigenvalue weighted by Crippen LogP contribution is -2.34. The van der Waals surface area contributed by atoms with Gasteiger partial charge < -0.3 is 15.2 Å². The predicted molar refractivity (Wildman–Crippen MR) is 84.1 cm³/mol. The molecule has 0 aliphatic carbocycles. The summed E-state index contributed by atoms with van der Waals surface area (Å²) in [6, 6.07) is 7.41. The van der Waals surface area contributed by atoms with E-state index in [0.29, 0.717) is 5.69 Å². The van der Waals surface area contributed by atoms with Crippen molar-refractivity contribution in [1.29, 1.82) is 0 Å². The molecule has 2 amide bonds. The molecule has 0 atom stereocenters. The number of carbonyl (C=O) groups excluding carboxylic acids is 2. The number of nitrogens with zero attached hydrogens (tertiary/aromatic N) is 1. The lowest BCUT2D eigenvalue weighted by Gasteiger charge is -2.09. The number of aromatic nitrogens is 1. The molecule has 132 valence electrons. The third-order valence-corrected chi connectivity index (χ3v) is 3.12. The first-order valence-electron chi connectivity index (χ1n) is 7.17. The molecule has 9 heteroatoms. The maximum atomic E-state index is 12.8. The molecular formula is C16H14F3N3O3. The van der Waals surface area contributed by atoms with Gasteiger partial charge in [-0.15, -0.1) is 0 Å². The summed E-state index contributed by atoms with van der Waals surface area (Å²) in [5, 5.41) is 4.47. The SMILES string of the molecule is O=C(Cn1cc(C(=O)Nc2ccc(F)cc2)ccc1=O)NCC(F)F. The third-order valence-electron chi connectivity index (χ3n) is 3.12. The lowest BCUT2D eigenvalue weighted by atomic mass is 10.2. The van der Waals surface area contributed by atoms with Crippen molar-refractivity contribution in [3.8, 4) is 0 Å². The molecule has 0 aliphatic rings. The van der Waals surface area contributed by atoms with Gasteiger partial charge in [-0.2, -0.15) is 0 Å². The van der Waals surface area contributed by atoms with Crippen LogP contribution in [0.2, 0.25) is 0 Å². The van der Waals surface area contributed by atoms with E-state index in [1.54, 1.807) is 0 Å². The zero-order valence-corrected chi connectivity index (χ0v) is 12.8. The Labute approximate surface area is 140 Å². The van der Waals surface area contributed by atoms with Crippen LogP contribution in [0.4, 0.5) is 18.9 Å². The van der Waals surface area contributed by atoms with Crippen molar-refractivity contribution in [3.63, 3.8) is 0 Å². The highest BCUT2D eigenvalue weighted by atomic mass is 19.3. The van der Waals surface area contributed by atoms with Crippen LogP contribution in [0.1, 0.15) is 10.4 Å². The number of rotatable bonds is 6. The zero-order chi connectivity index (χ0) is 18.4. The number of hydrogen-bond donors (Lipinski definition) is 2. The molecule has 0 spiro atoms. The van der Waals surface area contributed by atoms with E-state index in [1.807, 2.05) is 5.32 Å². The Bertz CT molecular complexity index is 819. The second-order valence-corrected chi connectivity index (χ2v) is 5.04. The van der Waals surface area contributed by atoms with Gasteiger partial charge >= 0.3 is 0 Å². The molecule has 0 bridgehead atoms. The van der Waals surface area contributed by atoms with E-state index >= 15 is 0 Å². The van der Waals surface area contributed by atoms with Gasteiger partial charge in [0, 0.05) is 18.0 Å². The van der Waals surface area contributed by atoms with E-state index in [9.17, 15) is 27.6 Å². The van der Waals surface area contributed by atoms with Crippen LogP contribution in [0.25, 0.3) is 0 Å². The van der Waals surface area contributed by atoms with Crippen molar-refractivity contribution < 1.29 is 22.8 Å². The number of carbonyl (C=O) groups is 2. The molecule has 0 fully saturated rings. The number of benzene rings is 1. The summed E-state index contributed by atoms with van der Waals surface area (Å²) >= 11 is 0. The maximum absolute atomic E-state index is 12.8. The number of amides is 2. The minimum atomic E-state index is -2.70. The molecular weight excluding hydrogens is 339 g/mol. The van der Waals surface area contributed by atoms with E-state index in [0.717, 1.165) is 16.8 Å². The second-order valence-electron chi connectivity index (χ2n) is 5.04. The van der Waals surface area contributed by atoms with Crippen LogP contribution in [0, 0.1) is 5.82 Å². The third kappa shape index (κ3) is 5.48. The van der Waals surface area contributed by atoms with Crippen molar-refractivity contribution in [2.75, 3.05) is 11.9 Å². The van der Waals surface area contributed by atoms with Gasteiger partial charge in [0.2, 0.25) is 5.91 Å². The molecule has 0 radical (unpaired) electrons. The van der Waals surface area contributed by atoms with Gasteiger partial charge in [-0.25, -0.2) is 13.2 Å². The van der Waals surface area contributed by atoms with Crippen molar-refractivity contribution in [2.24, 2.45) is 0 Å². The molecule has 2 rings (SSSR count). The van der Waals surface area contributed by atoms with E-state index < -0.39 is 42.7 Å². The maximum Gasteiger partial charge on any atom is 0.257 e. The Morgan fingerprint density at radius 2 is 1.76 bits per heavy atom. The van der Waals surface area contributed by atoms with Crippen LogP contribution in [-0.4, -0.2) is 29.4 Å². The minimum absolute atomic E-state index is 0.0746. The van der Waals surface area contributed by atoms with Crippen molar-refractivity contribution in [3.05, 3.63) is 64.3 Å². The Morgan fingerprint density at radius 3 is 2.40 bits per heavy atom. The summed E-state index contributed by atoms with van der Waals surface area (Å²) in [5.41, 5.74) is -0.144. The summed E-state index contributed by atoms with van der Waals surface area (Å²) in [5.74, 6) is -1.81. The molecule has 0 aliphatic heterocycles. The first-order valence-corrected chi connectivity index (χ1v) is 7.17. The highest BCUT2D eigenvalue weighted by molar-refractivity contribution is 6.04. The van der Waals surface area contributed by atoms with Gasteiger partial charge in [0.25, 0.3) is 17.9 Å². The second kappa shape index (κ2) is 8.13. The number of nitrogens with one attached hydrogen (secondary N) is 2. The molecule has 0 saturated carbocycles. The Morgan fingerprint density at radius 1 is 1.08 bits per heavy atom.